The minimum absolute atomic E-state index is 0.0499. The molecule has 0 saturated carbocycles. The van der Waals surface area contributed by atoms with E-state index >= 15 is 0 Å². The summed E-state index contributed by atoms with van der Waals surface area (Å²) in [6, 6.07) is 3.28. The van der Waals surface area contributed by atoms with E-state index < -0.39 is 6.10 Å². The Morgan fingerprint density at radius 2 is 2.21 bits per heavy atom. The van der Waals surface area contributed by atoms with Crippen molar-refractivity contribution >= 4 is 44.1 Å². The van der Waals surface area contributed by atoms with Gasteiger partial charge in [0.15, 0.2) is 6.10 Å². The van der Waals surface area contributed by atoms with Crippen molar-refractivity contribution in [2.45, 2.75) is 24.5 Å². The second kappa shape index (κ2) is 7.13. The van der Waals surface area contributed by atoms with Gasteiger partial charge in [-0.15, -0.1) is 0 Å². The fourth-order valence-electron chi connectivity index (χ4n) is 3.37. The average molecular weight is 386 g/mol. The van der Waals surface area contributed by atoms with Gasteiger partial charge in [-0.1, -0.05) is 28.4 Å². The number of nitrogens with zero attached hydrogens (tertiary/aromatic N) is 1. The van der Waals surface area contributed by atoms with Crippen LogP contribution in [0.2, 0.25) is 10.0 Å². The van der Waals surface area contributed by atoms with Crippen molar-refractivity contribution < 1.29 is 19.4 Å². The Labute approximate surface area is 153 Å². The molecule has 1 aromatic carbocycles. The fourth-order valence-corrected chi connectivity index (χ4v) is 4.35. The molecule has 2 fully saturated rings. The molecule has 0 spiro atoms. The van der Waals surface area contributed by atoms with Gasteiger partial charge >= 0.3 is 0 Å². The molecular formula is C16H17Cl2NO4Si. The van der Waals surface area contributed by atoms with Crippen LogP contribution in [0.3, 0.4) is 0 Å². The first-order valence-corrected chi connectivity index (χ1v) is 8.88. The van der Waals surface area contributed by atoms with E-state index in [1.165, 1.54) is 0 Å². The molecule has 8 heteroatoms. The van der Waals surface area contributed by atoms with E-state index in [1.54, 1.807) is 24.1 Å². The number of aliphatic hydroxyl groups is 1. The summed E-state index contributed by atoms with van der Waals surface area (Å²) in [5.41, 5.74) is 0.813. The number of piperidine rings is 1. The molecule has 2 heterocycles. The van der Waals surface area contributed by atoms with E-state index in [0.29, 0.717) is 35.4 Å². The van der Waals surface area contributed by atoms with Gasteiger partial charge in [0, 0.05) is 27.9 Å². The van der Waals surface area contributed by atoms with Gasteiger partial charge in [-0.25, -0.2) is 0 Å². The highest BCUT2D eigenvalue weighted by Gasteiger charge is 2.43. The Morgan fingerprint density at radius 1 is 1.46 bits per heavy atom. The molecule has 2 radical (unpaired) electrons. The Morgan fingerprint density at radius 3 is 2.88 bits per heavy atom. The van der Waals surface area contributed by atoms with Crippen LogP contribution in [0.5, 0.6) is 5.75 Å². The third kappa shape index (κ3) is 2.91. The molecule has 0 bridgehead atoms. The highest BCUT2D eigenvalue weighted by atomic mass is 35.5. The molecule has 128 valence electrons. The maximum Gasteiger partial charge on any atom is 0.254 e. The van der Waals surface area contributed by atoms with Crippen molar-refractivity contribution in [3.63, 3.8) is 0 Å². The molecule has 5 nitrogen and oxygen atoms in total. The number of methoxy groups -OCH3 is 1. The highest BCUT2D eigenvalue weighted by Crippen LogP contribution is 2.42. The number of benzene rings is 1. The first kappa shape index (κ1) is 17.9. The van der Waals surface area contributed by atoms with Crippen LogP contribution in [-0.4, -0.2) is 70.0 Å². The SMILES string of the molecule is COc1ccc(Cl)c(Cl)c1[C@@H]1CCN2C(=O)C(CO)OC[C@@H]2C1=[Si]. The number of fused-ring (bicyclic) bond motifs is 1. The predicted molar refractivity (Wildman–Crippen MR) is 93.5 cm³/mol. The molecule has 0 aromatic heterocycles. The van der Waals surface area contributed by atoms with Crippen LogP contribution in [0.4, 0.5) is 0 Å². The molecular weight excluding hydrogens is 369 g/mol. The summed E-state index contributed by atoms with van der Waals surface area (Å²) in [5.74, 6) is 0.424. The second-order valence-corrected chi connectivity index (χ2v) is 7.19. The summed E-state index contributed by atoms with van der Waals surface area (Å²) in [5, 5.41) is 11.1. The van der Waals surface area contributed by atoms with Gasteiger partial charge in [0.1, 0.15) is 5.75 Å². The van der Waals surface area contributed by atoms with E-state index in [4.69, 9.17) is 32.7 Å². The lowest BCUT2D eigenvalue weighted by Crippen LogP contribution is -2.61. The molecule has 1 N–H and O–H groups in total. The maximum atomic E-state index is 12.4. The molecule has 24 heavy (non-hydrogen) atoms. The zero-order valence-corrected chi connectivity index (χ0v) is 15.6. The Bertz CT molecular complexity index is 684. The van der Waals surface area contributed by atoms with Gasteiger partial charge in [0.05, 0.1) is 36.4 Å². The number of hydrogen-bond donors (Lipinski definition) is 1. The lowest BCUT2D eigenvalue weighted by molar-refractivity contribution is -0.160. The molecule has 1 aromatic rings. The van der Waals surface area contributed by atoms with Crippen LogP contribution in [0.25, 0.3) is 0 Å². The summed E-state index contributed by atoms with van der Waals surface area (Å²) >= 11 is 12.6. The van der Waals surface area contributed by atoms with Crippen molar-refractivity contribution in [2.75, 3.05) is 26.9 Å². The van der Waals surface area contributed by atoms with Crippen LogP contribution in [-0.2, 0) is 9.53 Å². The Kier molecular flexibility index (Phi) is 5.32. The summed E-state index contributed by atoms with van der Waals surface area (Å²) < 4.78 is 10.9. The average Bonchev–Trinajstić information content (AvgIpc) is 2.59. The van der Waals surface area contributed by atoms with Gasteiger partial charge in [0.25, 0.3) is 5.91 Å². The molecule has 3 atom stereocenters. The number of carbonyl (C=O) groups is 1. The number of halogens is 2. The molecule has 2 aliphatic heterocycles. The highest BCUT2D eigenvalue weighted by molar-refractivity contribution is 6.45. The van der Waals surface area contributed by atoms with Gasteiger partial charge in [0.2, 0.25) is 0 Å². The summed E-state index contributed by atoms with van der Waals surface area (Å²) in [7, 11) is 5.30. The van der Waals surface area contributed by atoms with Crippen molar-refractivity contribution in [3.05, 3.63) is 27.7 Å². The molecule has 0 aliphatic carbocycles. The normalized spacial score (nSPS) is 27.2. The number of amides is 1. The van der Waals surface area contributed by atoms with Crippen LogP contribution in [0, 0.1) is 0 Å². The molecule has 2 aliphatic rings. The molecule has 3 rings (SSSR count). The van der Waals surface area contributed by atoms with E-state index in [9.17, 15) is 9.90 Å². The first-order chi connectivity index (χ1) is 11.5. The number of hydrogen-bond acceptors (Lipinski definition) is 4. The van der Waals surface area contributed by atoms with Gasteiger partial charge in [-0.2, -0.15) is 0 Å². The van der Waals surface area contributed by atoms with E-state index in [2.05, 4.69) is 9.85 Å². The molecule has 2 saturated heterocycles. The Hall–Kier alpha value is -0.923. The van der Waals surface area contributed by atoms with E-state index in [1.807, 2.05) is 0 Å². The number of rotatable bonds is 3. The first-order valence-electron chi connectivity index (χ1n) is 7.62. The van der Waals surface area contributed by atoms with E-state index in [-0.39, 0.29) is 24.5 Å². The number of ether oxygens (including phenoxy) is 2. The van der Waals surface area contributed by atoms with Gasteiger partial charge in [-0.3, -0.25) is 4.79 Å². The van der Waals surface area contributed by atoms with Crippen LogP contribution >= 0.6 is 23.2 Å². The lowest BCUT2D eigenvalue weighted by Gasteiger charge is -2.46. The van der Waals surface area contributed by atoms with Gasteiger partial charge in [-0.05, 0) is 18.6 Å². The minimum atomic E-state index is -0.776. The van der Waals surface area contributed by atoms with E-state index in [0.717, 1.165) is 10.7 Å². The predicted octanol–water partition coefficient (Wildman–Crippen LogP) is 1.42. The zero-order chi connectivity index (χ0) is 17.4. The quantitative estimate of drug-likeness (QED) is 0.799. The summed E-state index contributed by atoms with van der Waals surface area (Å²) in [6.45, 7) is 0.567. The summed E-state index contributed by atoms with van der Waals surface area (Å²) in [4.78, 5) is 14.1. The van der Waals surface area contributed by atoms with Crippen LogP contribution in [0.1, 0.15) is 17.9 Å². The topological polar surface area (TPSA) is 59.0 Å². The number of carbonyl (C=O) groups excluding carboxylic acids is 1. The van der Waals surface area contributed by atoms with Crippen molar-refractivity contribution in [2.24, 2.45) is 0 Å². The number of morpholine rings is 1. The third-order valence-corrected chi connectivity index (χ3v) is 6.11. The van der Waals surface area contributed by atoms with Crippen molar-refractivity contribution in [1.82, 2.24) is 4.90 Å². The van der Waals surface area contributed by atoms with Crippen LogP contribution < -0.4 is 4.74 Å². The smallest absolute Gasteiger partial charge is 0.254 e. The second-order valence-electron chi connectivity index (χ2n) is 5.83. The monoisotopic (exact) mass is 385 g/mol. The standard InChI is InChI=1S/C16H17Cl2NO4Si/c1-22-11-3-2-9(17)14(18)13(11)8-4-5-19-10(15(8)24)7-23-12(6-20)16(19)21/h2-3,8,10,12,20H,4-7H2,1H3/t8-,10+,12?/m0/s1. The Balaban J connectivity index is 1.93. The largest absolute Gasteiger partial charge is 0.496 e. The van der Waals surface area contributed by atoms with Crippen LogP contribution in [0.15, 0.2) is 12.1 Å². The van der Waals surface area contributed by atoms with Crippen molar-refractivity contribution in [3.8, 4) is 5.75 Å². The van der Waals surface area contributed by atoms with Crippen molar-refractivity contribution in [1.29, 1.82) is 0 Å². The molecule has 1 amide bonds. The summed E-state index contributed by atoms with van der Waals surface area (Å²) in [6.07, 6.45) is -0.100. The van der Waals surface area contributed by atoms with Gasteiger partial charge < -0.3 is 19.5 Å². The maximum absolute atomic E-state index is 12.4. The fraction of sp³-hybridized carbons (Fsp3) is 0.500. The third-order valence-electron chi connectivity index (χ3n) is 4.61. The zero-order valence-electron chi connectivity index (χ0n) is 13.1. The molecule has 1 unspecified atom stereocenters. The lowest BCUT2D eigenvalue weighted by atomic mass is 9.83. The minimum Gasteiger partial charge on any atom is -0.496 e. The number of aliphatic hydroxyl groups excluding tert-OH is 1.